The average Bonchev–Trinajstić information content (AvgIpc) is 2.71. The molecular weight excluding hydrogens is 222 g/mol. The van der Waals surface area contributed by atoms with Gasteiger partial charge in [-0.05, 0) is 30.0 Å². The highest BCUT2D eigenvalue weighted by atomic mass is 32.1. The van der Waals surface area contributed by atoms with E-state index in [1.165, 1.54) is 18.4 Å². The summed E-state index contributed by atoms with van der Waals surface area (Å²) in [6.45, 7) is 1.97. The fourth-order valence-electron chi connectivity index (χ4n) is 1.52. The summed E-state index contributed by atoms with van der Waals surface area (Å²) in [6, 6.07) is 5.64. The minimum Gasteiger partial charge on any atom is -0.465 e. The van der Waals surface area contributed by atoms with Gasteiger partial charge in [0.25, 0.3) is 0 Å². The summed E-state index contributed by atoms with van der Waals surface area (Å²) in [5.74, 6) is -0.307. The van der Waals surface area contributed by atoms with Gasteiger partial charge in [-0.25, -0.2) is 4.79 Å². The van der Waals surface area contributed by atoms with Crippen LogP contribution in [0.3, 0.4) is 0 Å². The molecule has 0 saturated carbocycles. The van der Waals surface area contributed by atoms with Crippen LogP contribution in [0.1, 0.15) is 15.2 Å². The molecule has 0 unspecified atom stereocenters. The number of aromatic nitrogens is 1. The highest BCUT2D eigenvalue weighted by Gasteiger charge is 2.18. The molecule has 2 aromatic heterocycles. The van der Waals surface area contributed by atoms with Gasteiger partial charge in [0.1, 0.15) is 4.88 Å². The number of nitrogens with zero attached hydrogens (tertiary/aromatic N) is 1. The molecule has 0 radical (unpaired) electrons. The van der Waals surface area contributed by atoms with E-state index in [1.54, 1.807) is 6.20 Å². The van der Waals surface area contributed by atoms with Gasteiger partial charge in [0, 0.05) is 11.8 Å². The summed E-state index contributed by atoms with van der Waals surface area (Å²) in [7, 11) is 1.39. The molecule has 2 aromatic rings. The monoisotopic (exact) mass is 233 g/mol. The summed E-state index contributed by atoms with van der Waals surface area (Å²) in [4.78, 5) is 16.4. The highest BCUT2D eigenvalue weighted by Crippen LogP contribution is 2.31. The van der Waals surface area contributed by atoms with Crippen molar-refractivity contribution in [1.82, 2.24) is 4.98 Å². The number of ether oxygens (including phenoxy) is 1. The first kappa shape index (κ1) is 10.8. The number of aryl methyl sites for hydroxylation is 1. The van der Waals surface area contributed by atoms with Gasteiger partial charge in [-0.3, -0.25) is 4.98 Å². The third-order valence-electron chi connectivity index (χ3n) is 2.27. The molecule has 0 bridgehead atoms. The van der Waals surface area contributed by atoms with Gasteiger partial charge in [0.05, 0.1) is 12.8 Å². The smallest absolute Gasteiger partial charge is 0.348 e. The number of rotatable bonds is 2. The van der Waals surface area contributed by atoms with E-state index in [1.807, 2.05) is 30.5 Å². The van der Waals surface area contributed by atoms with Crippen LogP contribution in [0, 0.1) is 6.92 Å². The maximum absolute atomic E-state index is 11.6. The summed E-state index contributed by atoms with van der Waals surface area (Å²) in [5.41, 5.74) is 2.73. The predicted octanol–water partition coefficient (Wildman–Crippen LogP) is 2.91. The highest BCUT2D eigenvalue weighted by molar-refractivity contribution is 7.12. The molecule has 2 heterocycles. The van der Waals surface area contributed by atoms with Crippen LogP contribution in [-0.4, -0.2) is 18.1 Å². The van der Waals surface area contributed by atoms with Gasteiger partial charge in [0.2, 0.25) is 0 Å². The SMILES string of the molecule is COC(=O)c1scc(C)c1-c1ccccn1. The Labute approximate surface area is 97.7 Å². The first-order chi connectivity index (χ1) is 7.74. The molecule has 0 aliphatic carbocycles. The first-order valence-corrected chi connectivity index (χ1v) is 5.70. The Kier molecular flexibility index (Phi) is 3.01. The molecule has 0 fully saturated rings. The molecule has 0 spiro atoms. The predicted molar refractivity (Wildman–Crippen MR) is 63.6 cm³/mol. The van der Waals surface area contributed by atoms with E-state index in [0.29, 0.717) is 4.88 Å². The first-order valence-electron chi connectivity index (χ1n) is 4.82. The van der Waals surface area contributed by atoms with Crippen LogP contribution in [0.2, 0.25) is 0 Å². The molecular formula is C12H11NO2S. The van der Waals surface area contributed by atoms with Crippen LogP contribution in [0.15, 0.2) is 29.8 Å². The Balaban J connectivity index is 2.56. The molecule has 0 atom stereocenters. The molecule has 2 rings (SSSR count). The third-order valence-corrected chi connectivity index (χ3v) is 3.34. The summed E-state index contributed by atoms with van der Waals surface area (Å²) in [6.07, 6.45) is 1.72. The van der Waals surface area contributed by atoms with Crippen LogP contribution < -0.4 is 0 Å². The lowest BCUT2D eigenvalue weighted by atomic mass is 10.1. The number of hydrogen-bond donors (Lipinski definition) is 0. The summed E-state index contributed by atoms with van der Waals surface area (Å²) in [5, 5.41) is 1.94. The molecule has 82 valence electrons. The molecule has 0 N–H and O–H groups in total. The van der Waals surface area contributed by atoms with Crippen molar-refractivity contribution in [1.29, 1.82) is 0 Å². The lowest BCUT2D eigenvalue weighted by molar-refractivity contribution is 0.0607. The van der Waals surface area contributed by atoms with Crippen molar-refractivity contribution < 1.29 is 9.53 Å². The van der Waals surface area contributed by atoms with Gasteiger partial charge >= 0.3 is 5.97 Å². The zero-order valence-electron chi connectivity index (χ0n) is 9.06. The average molecular weight is 233 g/mol. The Morgan fingerprint density at radius 1 is 1.44 bits per heavy atom. The zero-order valence-corrected chi connectivity index (χ0v) is 9.88. The van der Waals surface area contributed by atoms with E-state index < -0.39 is 0 Å². The fourth-order valence-corrected chi connectivity index (χ4v) is 2.49. The number of methoxy groups -OCH3 is 1. The van der Waals surface area contributed by atoms with Gasteiger partial charge in [0.15, 0.2) is 0 Å². The summed E-state index contributed by atoms with van der Waals surface area (Å²) < 4.78 is 4.76. The summed E-state index contributed by atoms with van der Waals surface area (Å²) >= 11 is 1.39. The molecule has 0 saturated heterocycles. The second-order valence-corrected chi connectivity index (χ2v) is 4.21. The third kappa shape index (κ3) is 1.84. The standard InChI is InChI=1S/C12H11NO2S/c1-8-7-16-11(12(14)15-2)10(8)9-5-3-4-6-13-9/h3-7H,1-2H3. The van der Waals surface area contributed by atoms with Crippen molar-refractivity contribution in [2.75, 3.05) is 7.11 Å². The zero-order chi connectivity index (χ0) is 11.5. The van der Waals surface area contributed by atoms with E-state index in [2.05, 4.69) is 4.98 Å². The van der Waals surface area contributed by atoms with E-state index in [9.17, 15) is 4.79 Å². The fraction of sp³-hybridized carbons (Fsp3) is 0.167. The lowest BCUT2D eigenvalue weighted by Crippen LogP contribution is -2.00. The number of thiophene rings is 1. The van der Waals surface area contributed by atoms with Gasteiger partial charge < -0.3 is 4.74 Å². The van der Waals surface area contributed by atoms with Crippen LogP contribution in [0.5, 0.6) is 0 Å². The van der Waals surface area contributed by atoms with Crippen LogP contribution in [-0.2, 0) is 4.74 Å². The number of pyridine rings is 1. The number of esters is 1. The minimum absolute atomic E-state index is 0.307. The second-order valence-electron chi connectivity index (χ2n) is 3.33. The van der Waals surface area contributed by atoms with Crippen molar-refractivity contribution in [3.8, 4) is 11.3 Å². The Morgan fingerprint density at radius 3 is 2.88 bits per heavy atom. The van der Waals surface area contributed by atoms with Crippen molar-refractivity contribution in [2.24, 2.45) is 0 Å². The largest absolute Gasteiger partial charge is 0.465 e. The maximum Gasteiger partial charge on any atom is 0.348 e. The van der Waals surface area contributed by atoms with Crippen molar-refractivity contribution >= 4 is 17.3 Å². The topological polar surface area (TPSA) is 39.2 Å². The molecule has 0 aliphatic rings. The van der Waals surface area contributed by atoms with Crippen molar-refractivity contribution in [3.63, 3.8) is 0 Å². The minimum atomic E-state index is -0.307. The number of carbonyl (C=O) groups excluding carboxylic acids is 1. The van der Waals surface area contributed by atoms with Crippen LogP contribution in [0.25, 0.3) is 11.3 Å². The van der Waals surface area contributed by atoms with E-state index in [0.717, 1.165) is 16.8 Å². The van der Waals surface area contributed by atoms with Gasteiger partial charge in [-0.15, -0.1) is 11.3 Å². The van der Waals surface area contributed by atoms with E-state index in [4.69, 9.17) is 4.74 Å². The Bertz CT molecular complexity index is 505. The maximum atomic E-state index is 11.6. The molecule has 4 heteroatoms. The van der Waals surface area contributed by atoms with Crippen LogP contribution in [0.4, 0.5) is 0 Å². The van der Waals surface area contributed by atoms with Gasteiger partial charge in [-0.1, -0.05) is 6.07 Å². The Morgan fingerprint density at radius 2 is 2.25 bits per heavy atom. The van der Waals surface area contributed by atoms with Crippen LogP contribution >= 0.6 is 11.3 Å². The van der Waals surface area contributed by atoms with Gasteiger partial charge in [-0.2, -0.15) is 0 Å². The molecule has 0 aromatic carbocycles. The van der Waals surface area contributed by atoms with Crippen molar-refractivity contribution in [2.45, 2.75) is 6.92 Å². The second kappa shape index (κ2) is 4.45. The normalized spacial score (nSPS) is 10.1. The number of hydrogen-bond acceptors (Lipinski definition) is 4. The van der Waals surface area contributed by atoms with E-state index >= 15 is 0 Å². The lowest BCUT2D eigenvalue weighted by Gasteiger charge is -2.03. The van der Waals surface area contributed by atoms with Crippen molar-refractivity contribution in [3.05, 3.63) is 40.2 Å². The van der Waals surface area contributed by atoms with E-state index in [-0.39, 0.29) is 5.97 Å². The molecule has 0 aliphatic heterocycles. The number of carbonyl (C=O) groups is 1. The molecule has 0 amide bonds. The molecule has 3 nitrogen and oxygen atoms in total. The Hall–Kier alpha value is -1.68. The quantitative estimate of drug-likeness (QED) is 0.749. The molecule has 16 heavy (non-hydrogen) atoms.